The topological polar surface area (TPSA) is 86.2 Å². The predicted molar refractivity (Wildman–Crippen MR) is 171 cm³/mol. The van der Waals surface area contributed by atoms with Gasteiger partial charge in [0.1, 0.15) is 12.4 Å². The van der Waals surface area contributed by atoms with Gasteiger partial charge in [-0.1, -0.05) is 60.7 Å². The SMILES string of the molecule is O=C(c1ccc(OCCO)cc1)N1CCC(N2CCN(C(=O)c3cc(-c4ccccc4)nc(-c4ccccc4)c3)CC2)CC1. The van der Waals surface area contributed by atoms with Gasteiger partial charge in [-0.05, 0) is 49.2 Å². The van der Waals surface area contributed by atoms with Crippen LogP contribution in [0.25, 0.3) is 22.5 Å². The number of piperidine rings is 1. The lowest BCUT2D eigenvalue weighted by molar-refractivity contribution is 0.0412. The highest BCUT2D eigenvalue weighted by atomic mass is 16.5. The molecule has 1 N–H and O–H groups in total. The number of pyridine rings is 1. The lowest BCUT2D eigenvalue weighted by Crippen LogP contribution is -2.54. The van der Waals surface area contributed by atoms with Gasteiger partial charge in [-0.25, -0.2) is 4.98 Å². The van der Waals surface area contributed by atoms with Crippen LogP contribution in [0.4, 0.5) is 0 Å². The maximum atomic E-state index is 13.8. The van der Waals surface area contributed by atoms with Crippen molar-refractivity contribution in [2.45, 2.75) is 18.9 Å². The number of piperazine rings is 1. The summed E-state index contributed by atoms with van der Waals surface area (Å²) in [4.78, 5) is 38.1. The van der Waals surface area contributed by atoms with E-state index in [1.54, 1.807) is 24.3 Å². The number of nitrogens with zero attached hydrogens (tertiary/aromatic N) is 4. The van der Waals surface area contributed by atoms with Crippen LogP contribution in [0.3, 0.4) is 0 Å². The summed E-state index contributed by atoms with van der Waals surface area (Å²) >= 11 is 0. The molecule has 6 rings (SSSR count). The summed E-state index contributed by atoms with van der Waals surface area (Å²) in [6.07, 6.45) is 1.84. The molecule has 4 aromatic rings. The first-order valence-electron chi connectivity index (χ1n) is 15.4. The Bertz CT molecular complexity index is 1490. The lowest BCUT2D eigenvalue weighted by Gasteiger charge is -2.42. The second-order valence-electron chi connectivity index (χ2n) is 11.3. The van der Waals surface area contributed by atoms with Crippen LogP contribution in [0.15, 0.2) is 97.1 Å². The zero-order valence-electron chi connectivity index (χ0n) is 24.8. The van der Waals surface area contributed by atoms with Gasteiger partial charge in [-0.3, -0.25) is 14.5 Å². The third-order valence-electron chi connectivity index (χ3n) is 8.54. The van der Waals surface area contributed by atoms with E-state index in [0.29, 0.717) is 49.1 Å². The average molecular weight is 591 g/mol. The Kier molecular flexibility index (Phi) is 9.29. The van der Waals surface area contributed by atoms with Crippen molar-refractivity contribution < 1.29 is 19.4 Å². The van der Waals surface area contributed by atoms with Gasteiger partial charge in [0, 0.05) is 67.6 Å². The highest BCUT2D eigenvalue weighted by molar-refractivity contribution is 5.96. The van der Waals surface area contributed by atoms with E-state index in [-0.39, 0.29) is 25.0 Å². The fraction of sp³-hybridized carbons (Fsp3) is 0.306. The van der Waals surface area contributed by atoms with E-state index in [0.717, 1.165) is 48.4 Å². The first-order chi connectivity index (χ1) is 21.6. The highest BCUT2D eigenvalue weighted by Gasteiger charge is 2.31. The third kappa shape index (κ3) is 6.82. The predicted octanol–water partition coefficient (Wildman–Crippen LogP) is 4.85. The van der Waals surface area contributed by atoms with Crippen LogP contribution in [0.1, 0.15) is 33.6 Å². The molecule has 0 unspecified atom stereocenters. The van der Waals surface area contributed by atoms with Crippen LogP contribution < -0.4 is 4.74 Å². The fourth-order valence-electron chi connectivity index (χ4n) is 6.11. The minimum Gasteiger partial charge on any atom is -0.491 e. The molecule has 8 nitrogen and oxygen atoms in total. The Balaban J connectivity index is 1.06. The molecule has 1 aromatic heterocycles. The maximum Gasteiger partial charge on any atom is 0.254 e. The van der Waals surface area contributed by atoms with E-state index < -0.39 is 0 Å². The van der Waals surface area contributed by atoms with Crippen LogP contribution in [0.2, 0.25) is 0 Å². The number of hydrogen-bond acceptors (Lipinski definition) is 6. The normalized spacial score (nSPS) is 16.1. The van der Waals surface area contributed by atoms with E-state index in [1.165, 1.54) is 0 Å². The number of likely N-dealkylation sites (tertiary alicyclic amines) is 1. The molecule has 3 aromatic carbocycles. The summed E-state index contributed by atoms with van der Waals surface area (Å²) in [7, 11) is 0. The molecule has 226 valence electrons. The first-order valence-corrected chi connectivity index (χ1v) is 15.4. The molecule has 0 radical (unpaired) electrons. The van der Waals surface area contributed by atoms with Crippen LogP contribution in [-0.4, -0.2) is 95.1 Å². The molecule has 8 heteroatoms. The minimum atomic E-state index is -0.0447. The molecule has 2 aliphatic rings. The molecule has 3 heterocycles. The van der Waals surface area contributed by atoms with Crippen LogP contribution in [0, 0.1) is 0 Å². The molecular weight excluding hydrogens is 552 g/mol. The number of hydrogen-bond donors (Lipinski definition) is 1. The van der Waals surface area contributed by atoms with Gasteiger partial charge >= 0.3 is 0 Å². The number of carbonyl (C=O) groups is 2. The zero-order chi connectivity index (χ0) is 30.3. The summed E-state index contributed by atoms with van der Waals surface area (Å²) in [6, 6.07) is 31.3. The lowest BCUT2D eigenvalue weighted by atomic mass is 10.0. The summed E-state index contributed by atoms with van der Waals surface area (Å²) in [5, 5.41) is 8.92. The summed E-state index contributed by atoms with van der Waals surface area (Å²) in [5.74, 6) is 0.716. The van der Waals surface area contributed by atoms with E-state index in [2.05, 4.69) is 4.90 Å². The van der Waals surface area contributed by atoms with Crippen molar-refractivity contribution in [3.05, 3.63) is 108 Å². The van der Waals surface area contributed by atoms with Gasteiger partial charge in [-0.2, -0.15) is 0 Å². The van der Waals surface area contributed by atoms with E-state index >= 15 is 0 Å². The summed E-state index contributed by atoms with van der Waals surface area (Å²) in [6.45, 7) is 4.61. The number of aliphatic hydroxyl groups excluding tert-OH is 1. The summed E-state index contributed by atoms with van der Waals surface area (Å²) in [5.41, 5.74) is 4.86. The number of aromatic nitrogens is 1. The Morgan fingerprint density at radius 3 is 1.75 bits per heavy atom. The van der Waals surface area contributed by atoms with E-state index in [1.807, 2.05) is 82.6 Å². The molecule has 2 aliphatic heterocycles. The van der Waals surface area contributed by atoms with E-state index in [9.17, 15) is 9.59 Å². The van der Waals surface area contributed by atoms with Crippen LogP contribution >= 0.6 is 0 Å². The molecule has 0 spiro atoms. The summed E-state index contributed by atoms with van der Waals surface area (Å²) < 4.78 is 5.40. The van der Waals surface area contributed by atoms with Crippen molar-refractivity contribution in [3.63, 3.8) is 0 Å². The van der Waals surface area contributed by atoms with Gasteiger partial charge in [0.05, 0.1) is 18.0 Å². The Morgan fingerprint density at radius 2 is 1.20 bits per heavy atom. The van der Waals surface area contributed by atoms with Gasteiger partial charge in [0.15, 0.2) is 0 Å². The van der Waals surface area contributed by atoms with Crippen LogP contribution in [-0.2, 0) is 0 Å². The smallest absolute Gasteiger partial charge is 0.254 e. The van der Waals surface area contributed by atoms with Gasteiger partial charge in [0.2, 0.25) is 0 Å². The molecule has 0 bridgehead atoms. The molecule has 2 amide bonds. The highest BCUT2D eigenvalue weighted by Crippen LogP contribution is 2.27. The Labute approximate surface area is 258 Å². The molecule has 2 saturated heterocycles. The van der Waals surface area contributed by atoms with E-state index in [4.69, 9.17) is 14.8 Å². The average Bonchev–Trinajstić information content (AvgIpc) is 3.11. The monoisotopic (exact) mass is 590 g/mol. The number of rotatable bonds is 8. The van der Waals surface area contributed by atoms with Gasteiger partial charge in [0.25, 0.3) is 11.8 Å². The number of carbonyl (C=O) groups excluding carboxylic acids is 2. The van der Waals surface area contributed by atoms with Crippen molar-refractivity contribution in [3.8, 4) is 28.3 Å². The van der Waals surface area contributed by atoms with Crippen molar-refractivity contribution >= 4 is 11.8 Å². The molecule has 0 atom stereocenters. The van der Waals surface area contributed by atoms with Crippen LogP contribution in [0.5, 0.6) is 5.75 Å². The number of aliphatic hydroxyl groups is 1. The Morgan fingerprint density at radius 1 is 0.682 bits per heavy atom. The third-order valence-corrected chi connectivity index (χ3v) is 8.54. The largest absolute Gasteiger partial charge is 0.491 e. The molecule has 0 saturated carbocycles. The quantitative estimate of drug-likeness (QED) is 0.316. The molecule has 0 aliphatic carbocycles. The second kappa shape index (κ2) is 13.8. The zero-order valence-corrected chi connectivity index (χ0v) is 24.8. The maximum absolute atomic E-state index is 13.8. The molecule has 2 fully saturated rings. The molecular formula is C36H38N4O4. The second-order valence-corrected chi connectivity index (χ2v) is 11.3. The minimum absolute atomic E-state index is 0.0367. The molecule has 44 heavy (non-hydrogen) atoms. The number of ether oxygens (including phenoxy) is 1. The van der Waals surface area contributed by atoms with Gasteiger partial charge < -0.3 is 19.6 Å². The van der Waals surface area contributed by atoms with Crippen molar-refractivity contribution in [2.75, 3.05) is 52.5 Å². The standard InChI is InChI=1S/C36H38N4O4/c41-23-24-44-32-13-11-29(12-14-32)35(42)39-17-15-31(16-18-39)38-19-21-40(22-20-38)36(43)30-25-33(27-7-3-1-4-8-27)37-34(26-30)28-9-5-2-6-10-28/h1-14,25-26,31,41H,15-24H2. The first kappa shape index (κ1) is 29.5. The number of amides is 2. The van der Waals surface area contributed by atoms with Crippen molar-refractivity contribution in [1.29, 1.82) is 0 Å². The van der Waals surface area contributed by atoms with Crippen molar-refractivity contribution in [2.24, 2.45) is 0 Å². The Hall–Kier alpha value is -4.53. The van der Waals surface area contributed by atoms with Gasteiger partial charge in [-0.15, -0.1) is 0 Å². The van der Waals surface area contributed by atoms with Crippen molar-refractivity contribution in [1.82, 2.24) is 19.7 Å². The number of benzene rings is 3. The fourth-order valence-corrected chi connectivity index (χ4v) is 6.11.